The number of fused-ring (bicyclic) bond motifs is 1. The standard InChI is InChI=1S/C26H28F6N2O3S/c1-15(2)37-24(36)33-8-4-5-22(21-7-6-17(14-38)11-23(21)33)34(16(3)35)13-18-9-19(25(27,28)29)12-20(10-18)26(30,31)32/h6-7,9-12,15,22,38H,4-5,8,13-14H2,1-3H3. The van der Waals surface area contributed by atoms with Crippen molar-refractivity contribution in [2.45, 2.75) is 70.4 Å². The number of nitrogens with zero attached hydrogens (tertiary/aromatic N) is 2. The van der Waals surface area contributed by atoms with Gasteiger partial charge in [-0.15, -0.1) is 0 Å². The molecule has 0 radical (unpaired) electrons. The molecule has 2 aromatic rings. The highest BCUT2D eigenvalue weighted by molar-refractivity contribution is 7.79. The number of thiol groups is 1. The van der Waals surface area contributed by atoms with E-state index in [9.17, 15) is 35.9 Å². The van der Waals surface area contributed by atoms with Crippen molar-refractivity contribution in [2.75, 3.05) is 11.4 Å². The average Bonchev–Trinajstić information content (AvgIpc) is 2.99. The lowest BCUT2D eigenvalue weighted by Crippen LogP contribution is -2.35. The number of ether oxygens (including phenoxy) is 1. The Hall–Kier alpha value is -2.89. The first kappa shape index (κ1) is 29.7. The van der Waals surface area contributed by atoms with Crippen LogP contribution >= 0.6 is 12.6 Å². The number of alkyl halides is 6. The van der Waals surface area contributed by atoms with E-state index in [-0.39, 0.29) is 18.2 Å². The maximum atomic E-state index is 13.4. The predicted molar refractivity (Wildman–Crippen MR) is 133 cm³/mol. The van der Waals surface area contributed by atoms with Crippen molar-refractivity contribution in [3.05, 3.63) is 64.2 Å². The van der Waals surface area contributed by atoms with Crippen molar-refractivity contribution >= 4 is 30.3 Å². The molecule has 2 amide bonds. The van der Waals surface area contributed by atoms with E-state index < -0.39 is 54.2 Å². The van der Waals surface area contributed by atoms with Crippen LogP contribution in [0.2, 0.25) is 0 Å². The molecule has 0 bridgehead atoms. The Bertz CT molecular complexity index is 1150. The summed E-state index contributed by atoms with van der Waals surface area (Å²) in [5.74, 6) is -0.185. The van der Waals surface area contributed by atoms with Gasteiger partial charge in [0, 0.05) is 25.8 Å². The first-order valence-corrected chi connectivity index (χ1v) is 12.5. The Balaban J connectivity index is 2.09. The lowest BCUT2D eigenvalue weighted by molar-refractivity contribution is -0.143. The Morgan fingerprint density at radius 2 is 1.63 bits per heavy atom. The van der Waals surface area contributed by atoms with Crippen LogP contribution in [0, 0.1) is 0 Å². The highest BCUT2D eigenvalue weighted by Crippen LogP contribution is 2.40. The third-order valence-electron chi connectivity index (χ3n) is 6.12. The van der Waals surface area contributed by atoms with Gasteiger partial charge in [0.1, 0.15) is 0 Å². The van der Waals surface area contributed by atoms with Gasteiger partial charge in [-0.1, -0.05) is 12.1 Å². The third kappa shape index (κ3) is 6.95. The van der Waals surface area contributed by atoms with Crippen molar-refractivity contribution in [3.63, 3.8) is 0 Å². The van der Waals surface area contributed by atoms with Crippen molar-refractivity contribution in [1.82, 2.24) is 4.90 Å². The zero-order valence-electron chi connectivity index (χ0n) is 21.0. The van der Waals surface area contributed by atoms with Gasteiger partial charge >= 0.3 is 18.4 Å². The molecule has 1 heterocycles. The van der Waals surface area contributed by atoms with Gasteiger partial charge < -0.3 is 9.64 Å². The summed E-state index contributed by atoms with van der Waals surface area (Å²) in [6, 6.07) is 5.78. The van der Waals surface area contributed by atoms with Gasteiger partial charge in [0.15, 0.2) is 0 Å². The Labute approximate surface area is 222 Å². The lowest BCUT2D eigenvalue weighted by atomic mass is 9.97. The minimum Gasteiger partial charge on any atom is -0.446 e. The van der Waals surface area contributed by atoms with E-state index >= 15 is 0 Å². The van der Waals surface area contributed by atoms with Crippen molar-refractivity contribution in [1.29, 1.82) is 0 Å². The van der Waals surface area contributed by atoms with Crippen LogP contribution in [0.25, 0.3) is 0 Å². The lowest BCUT2D eigenvalue weighted by Gasteiger charge is -2.32. The Kier molecular flexibility index (Phi) is 8.95. The van der Waals surface area contributed by atoms with Crippen LogP contribution in [0.4, 0.5) is 36.8 Å². The van der Waals surface area contributed by atoms with E-state index in [2.05, 4.69) is 12.6 Å². The molecule has 0 aliphatic carbocycles. The van der Waals surface area contributed by atoms with E-state index in [4.69, 9.17) is 4.74 Å². The third-order valence-corrected chi connectivity index (χ3v) is 6.49. The van der Waals surface area contributed by atoms with Gasteiger partial charge in [0.05, 0.1) is 29.0 Å². The topological polar surface area (TPSA) is 49.9 Å². The molecule has 3 rings (SSSR count). The Morgan fingerprint density at radius 3 is 2.13 bits per heavy atom. The molecule has 0 aromatic heterocycles. The summed E-state index contributed by atoms with van der Waals surface area (Å²) in [6.07, 6.45) is -10.3. The van der Waals surface area contributed by atoms with Gasteiger partial charge in [-0.05, 0) is 67.6 Å². The quantitative estimate of drug-likeness (QED) is 0.306. The number of hydrogen-bond donors (Lipinski definition) is 1. The molecule has 5 nitrogen and oxygen atoms in total. The monoisotopic (exact) mass is 562 g/mol. The van der Waals surface area contributed by atoms with Gasteiger partial charge in [0.25, 0.3) is 0 Å². The zero-order chi connectivity index (χ0) is 28.4. The summed E-state index contributed by atoms with van der Waals surface area (Å²) in [5.41, 5.74) is -1.45. The maximum Gasteiger partial charge on any atom is 0.416 e. The van der Waals surface area contributed by atoms with Crippen LogP contribution < -0.4 is 4.90 Å². The summed E-state index contributed by atoms with van der Waals surface area (Å²) < 4.78 is 85.9. The van der Waals surface area contributed by atoms with E-state index in [1.807, 2.05) is 0 Å². The number of benzene rings is 2. The second-order valence-electron chi connectivity index (χ2n) is 9.35. The molecule has 1 atom stereocenters. The van der Waals surface area contributed by atoms with E-state index in [0.717, 1.165) is 5.56 Å². The van der Waals surface area contributed by atoms with Crippen LogP contribution in [0.15, 0.2) is 36.4 Å². The molecular formula is C26H28F6N2O3S. The molecule has 208 valence electrons. The largest absolute Gasteiger partial charge is 0.446 e. The molecule has 12 heteroatoms. The number of carbonyl (C=O) groups is 2. The first-order chi connectivity index (χ1) is 17.6. The van der Waals surface area contributed by atoms with Crippen LogP contribution in [0.1, 0.15) is 67.5 Å². The van der Waals surface area contributed by atoms with Gasteiger partial charge in [-0.25, -0.2) is 4.79 Å². The number of hydrogen-bond acceptors (Lipinski definition) is 4. The highest BCUT2D eigenvalue weighted by atomic mass is 32.1. The van der Waals surface area contributed by atoms with Crippen molar-refractivity contribution < 1.29 is 40.7 Å². The fraction of sp³-hybridized carbons (Fsp3) is 0.462. The van der Waals surface area contributed by atoms with E-state index in [1.54, 1.807) is 32.0 Å². The van der Waals surface area contributed by atoms with E-state index in [1.165, 1.54) is 16.7 Å². The molecule has 2 aromatic carbocycles. The molecule has 1 aliphatic rings. The van der Waals surface area contributed by atoms with Crippen molar-refractivity contribution in [3.8, 4) is 0 Å². The molecule has 0 fully saturated rings. The molecule has 1 unspecified atom stereocenters. The fourth-order valence-electron chi connectivity index (χ4n) is 4.45. The SMILES string of the molecule is CC(=O)N(Cc1cc(C(F)(F)F)cc(C(F)(F)F)c1)C1CCCN(C(=O)OC(C)C)c2cc(CS)ccc21. The fourth-order valence-corrected chi connectivity index (χ4v) is 4.65. The van der Waals surface area contributed by atoms with Gasteiger partial charge in [-0.2, -0.15) is 39.0 Å². The first-order valence-electron chi connectivity index (χ1n) is 11.9. The van der Waals surface area contributed by atoms with Crippen LogP contribution in [-0.4, -0.2) is 29.5 Å². The van der Waals surface area contributed by atoms with Crippen LogP contribution in [0.5, 0.6) is 0 Å². The molecule has 0 N–H and O–H groups in total. The minimum atomic E-state index is -5.01. The molecule has 0 saturated carbocycles. The molecule has 38 heavy (non-hydrogen) atoms. The smallest absolute Gasteiger partial charge is 0.416 e. The van der Waals surface area contributed by atoms with Crippen LogP contribution in [0.3, 0.4) is 0 Å². The summed E-state index contributed by atoms with van der Waals surface area (Å²) in [7, 11) is 0. The summed E-state index contributed by atoms with van der Waals surface area (Å²) in [4.78, 5) is 28.3. The van der Waals surface area contributed by atoms with Crippen molar-refractivity contribution in [2.24, 2.45) is 0 Å². The molecule has 1 aliphatic heterocycles. The number of carbonyl (C=O) groups excluding carboxylic acids is 2. The summed E-state index contributed by atoms with van der Waals surface area (Å²) >= 11 is 4.29. The van der Waals surface area contributed by atoms with Gasteiger partial charge in [-0.3, -0.25) is 9.69 Å². The predicted octanol–water partition coefficient (Wildman–Crippen LogP) is 7.39. The highest BCUT2D eigenvalue weighted by Gasteiger charge is 2.38. The summed E-state index contributed by atoms with van der Waals surface area (Å²) in [5, 5.41) is 0. The maximum absolute atomic E-state index is 13.4. The second-order valence-corrected chi connectivity index (χ2v) is 9.67. The summed E-state index contributed by atoms with van der Waals surface area (Å²) in [6.45, 7) is 4.36. The van der Waals surface area contributed by atoms with Gasteiger partial charge in [0.2, 0.25) is 5.91 Å². The number of rotatable bonds is 5. The van der Waals surface area contributed by atoms with Crippen LogP contribution in [-0.2, 0) is 34.2 Å². The minimum absolute atomic E-state index is 0.0553. The van der Waals surface area contributed by atoms with E-state index in [0.29, 0.717) is 42.0 Å². The number of amides is 2. The number of halogens is 6. The molecule has 0 spiro atoms. The average molecular weight is 563 g/mol. The number of anilines is 1. The molecular weight excluding hydrogens is 534 g/mol. The Morgan fingerprint density at radius 1 is 1.03 bits per heavy atom. The zero-order valence-corrected chi connectivity index (χ0v) is 21.9. The second kappa shape index (κ2) is 11.5. The molecule has 0 saturated heterocycles. The normalized spacial score (nSPS) is 16.2.